The average Bonchev–Trinajstić information content (AvgIpc) is 3.44. The molecule has 34 heavy (non-hydrogen) atoms. The Balaban J connectivity index is 1.65. The Bertz CT molecular complexity index is 1330. The molecular weight excluding hydrogens is 466 g/mol. The van der Waals surface area contributed by atoms with Gasteiger partial charge in [0.25, 0.3) is 5.91 Å². The van der Waals surface area contributed by atoms with E-state index >= 15 is 0 Å². The van der Waals surface area contributed by atoms with Crippen LogP contribution in [0.4, 0.5) is 5.69 Å². The van der Waals surface area contributed by atoms with Gasteiger partial charge in [-0.25, -0.2) is 4.79 Å². The molecule has 1 amide bonds. The van der Waals surface area contributed by atoms with Gasteiger partial charge in [-0.15, -0.1) is 0 Å². The molecule has 1 aromatic heterocycles. The van der Waals surface area contributed by atoms with Gasteiger partial charge in [-0.1, -0.05) is 11.6 Å². The number of aryl methyl sites for hydroxylation is 1. The Labute approximate surface area is 199 Å². The second-order valence-corrected chi connectivity index (χ2v) is 8.14. The molecule has 2 aliphatic heterocycles. The van der Waals surface area contributed by atoms with Gasteiger partial charge in [-0.05, 0) is 37.3 Å². The van der Waals surface area contributed by atoms with E-state index < -0.39 is 23.6 Å². The zero-order chi connectivity index (χ0) is 24.0. The minimum Gasteiger partial charge on any atom is -0.493 e. The van der Waals surface area contributed by atoms with Gasteiger partial charge in [0.15, 0.2) is 17.6 Å². The van der Waals surface area contributed by atoms with Crippen molar-refractivity contribution in [1.82, 2.24) is 0 Å². The van der Waals surface area contributed by atoms with Crippen LogP contribution in [0.15, 0.2) is 45.6 Å². The van der Waals surface area contributed by atoms with E-state index in [-0.39, 0.29) is 18.1 Å². The smallest absolute Gasteiger partial charge is 0.343 e. The molecule has 3 heterocycles. The van der Waals surface area contributed by atoms with Gasteiger partial charge in [0.05, 0.1) is 25.7 Å². The first-order chi connectivity index (χ1) is 16.4. The van der Waals surface area contributed by atoms with Crippen LogP contribution in [0.1, 0.15) is 22.8 Å². The number of carbonyl (C=O) groups excluding carboxylic acids is 1. The number of hydrogen-bond donors (Lipinski definition) is 1. The molecule has 2 aromatic carbocycles. The number of benzene rings is 2. The Morgan fingerprint density at radius 2 is 1.82 bits per heavy atom. The van der Waals surface area contributed by atoms with Crippen molar-refractivity contribution in [3.63, 3.8) is 0 Å². The van der Waals surface area contributed by atoms with Gasteiger partial charge in [0, 0.05) is 22.3 Å². The van der Waals surface area contributed by atoms with Crippen molar-refractivity contribution >= 4 is 23.2 Å². The molecule has 2 atom stereocenters. The summed E-state index contributed by atoms with van der Waals surface area (Å²) in [5.41, 5.74) is 0.558. The second kappa shape index (κ2) is 8.49. The lowest BCUT2D eigenvalue weighted by Crippen LogP contribution is -2.35. The molecule has 3 aromatic rings. The maximum atomic E-state index is 13.4. The zero-order valence-electron chi connectivity index (χ0n) is 18.5. The van der Waals surface area contributed by atoms with E-state index in [1.54, 1.807) is 43.3 Å². The van der Waals surface area contributed by atoms with Crippen LogP contribution in [0.3, 0.4) is 0 Å². The number of methoxy groups -OCH3 is 2. The van der Waals surface area contributed by atoms with Crippen molar-refractivity contribution in [3.05, 3.63) is 68.7 Å². The quantitative estimate of drug-likeness (QED) is 0.580. The summed E-state index contributed by atoms with van der Waals surface area (Å²) < 4.78 is 33.6. The van der Waals surface area contributed by atoms with Crippen molar-refractivity contribution in [2.24, 2.45) is 0 Å². The largest absolute Gasteiger partial charge is 0.493 e. The van der Waals surface area contributed by atoms with Crippen molar-refractivity contribution in [3.8, 4) is 28.7 Å². The lowest BCUT2D eigenvalue weighted by atomic mass is 9.87. The molecule has 176 valence electrons. The van der Waals surface area contributed by atoms with Crippen LogP contribution in [-0.2, 0) is 4.79 Å². The summed E-state index contributed by atoms with van der Waals surface area (Å²) in [7, 11) is 2.94. The molecule has 0 unspecified atom stereocenters. The third kappa shape index (κ3) is 3.58. The first-order valence-electron chi connectivity index (χ1n) is 10.3. The Hall–Kier alpha value is -3.85. The summed E-state index contributed by atoms with van der Waals surface area (Å²) in [6.45, 7) is 1.61. The number of halogens is 1. The highest BCUT2D eigenvalue weighted by atomic mass is 35.5. The van der Waals surface area contributed by atoms with Gasteiger partial charge in [0.1, 0.15) is 11.5 Å². The predicted molar refractivity (Wildman–Crippen MR) is 122 cm³/mol. The fourth-order valence-corrected chi connectivity index (χ4v) is 4.35. The predicted octanol–water partition coefficient (Wildman–Crippen LogP) is 3.88. The standard InChI is InChI=1S/C24H20ClNO8/c1-11-8-15-18(24(28)33-11)17(21(34-15)23(27)26-13-6-4-12(25)5-7-13)14-9-16(29-2)20-22(19(14)30-3)32-10-31-20/h4-9,17,21H,10H2,1-3H3,(H,26,27)/t17-,21-/m1/s1. The van der Waals surface area contributed by atoms with Crippen LogP contribution in [-0.4, -0.2) is 33.0 Å². The van der Waals surface area contributed by atoms with E-state index in [0.29, 0.717) is 45.0 Å². The number of anilines is 1. The highest BCUT2D eigenvalue weighted by molar-refractivity contribution is 6.30. The number of ether oxygens (including phenoxy) is 5. The maximum Gasteiger partial charge on any atom is 0.343 e. The normalized spacial score (nSPS) is 17.6. The molecule has 5 rings (SSSR count). The van der Waals surface area contributed by atoms with Crippen LogP contribution in [0.5, 0.6) is 28.7 Å². The average molecular weight is 486 g/mol. The lowest BCUT2D eigenvalue weighted by Gasteiger charge is -2.22. The van der Waals surface area contributed by atoms with Crippen molar-refractivity contribution < 1.29 is 32.9 Å². The molecule has 0 bridgehead atoms. The fraction of sp³-hybridized carbons (Fsp3) is 0.250. The fourth-order valence-electron chi connectivity index (χ4n) is 4.22. The molecule has 2 aliphatic rings. The van der Waals surface area contributed by atoms with Crippen molar-refractivity contribution in [2.45, 2.75) is 18.9 Å². The molecule has 10 heteroatoms. The molecule has 0 saturated heterocycles. The SMILES string of the molecule is COc1cc([C@@H]2c3c(cc(C)oc3=O)O[C@H]2C(=O)Nc2ccc(Cl)cc2)c(OC)c2c1OCO2. The minimum absolute atomic E-state index is 0.0227. The Kier molecular flexibility index (Phi) is 5.49. The lowest BCUT2D eigenvalue weighted by molar-refractivity contribution is -0.122. The number of amides is 1. The molecule has 0 aliphatic carbocycles. The molecule has 1 N–H and O–H groups in total. The van der Waals surface area contributed by atoms with E-state index in [0.717, 1.165) is 0 Å². The highest BCUT2D eigenvalue weighted by Gasteiger charge is 2.46. The van der Waals surface area contributed by atoms with Crippen molar-refractivity contribution in [1.29, 1.82) is 0 Å². The topological polar surface area (TPSA) is 105 Å². The van der Waals surface area contributed by atoms with Crippen LogP contribution < -0.4 is 34.6 Å². The second-order valence-electron chi connectivity index (χ2n) is 7.70. The van der Waals surface area contributed by atoms with Gasteiger partial charge in [-0.2, -0.15) is 0 Å². The number of nitrogens with one attached hydrogen (secondary N) is 1. The highest BCUT2D eigenvalue weighted by Crippen LogP contribution is 2.54. The summed E-state index contributed by atoms with van der Waals surface area (Å²) >= 11 is 5.95. The van der Waals surface area contributed by atoms with Gasteiger partial charge in [0.2, 0.25) is 18.3 Å². The van der Waals surface area contributed by atoms with E-state index in [1.807, 2.05) is 0 Å². The number of hydrogen-bond acceptors (Lipinski definition) is 8. The molecule has 9 nitrogen and oxygen atoms in total. The molecule has 0 fully saturated rings. The molecule has 0 saturated carbocycles. The first-order valence-corrected chi connectivity index (χ1v) is 10.7. The van der Waals surface area contributed by atoms with Crippen LogP contribution in [0.2, 0.25) is 5.02 Å². The van der Waals surface area contributed by atoms with E-state index in [4.69, 9.17) is 39.7 Å². The van der Waals surface area contributed by atoms with E-state index in [9.17, 15) is 9.59 Å². The van der Waals surface area contributed by atoms with Gasteiger partial charge in [-0.3, -0.25) is 4.79 Å². The molecular formula is C24H20ClNO8. The van der Waals surface area contributed by atoms with Gasteiger partial charge >= 0.3 is 5.63 Å². The first kappa shape index (κ1) is 22.0. The monoisotopic (exact) mass is 485 g/mol. The number of fused-ring (bicyclic) bond motifs is 2. The summed E-state index contributed by atoms with van der Waals surface area (Å²) in [5, 5.41) is 3.35. The van der Waals surface area contributed by atoms with Gasteiger partial charge < -0.3 is 33.4 Å². The van der Waals surface area contributed by atoms with Crippen molar-refractivity contribution in [2.75, 3.05) is 26.3 Å². The Morgan fingerprint density at radius 3 is 2.53 bits per heavy atom. The Morgan fingerprint density at radius 1 is 1.09 bits per heavy atom. The summed E-state index contributed by atoms with van der Waals surface area (Å²) in [6.07, 6.45) is -1.12. The van der Waals surface area contributed by atoms with Crippen LogP contribution in [0.25, 0.3) is 0 Å². The van der Waals surface area contributed by atoms with Crippen LogP contribution >= 0.6 is 11.6 Å². The minimum atomic E-state index is -1.12. The van der Waals surface area contributed by atoms with Crippen LogP contribution in [0, 0.1) is 6.92 Å². The summed E-state index contributed by atoms with van der Waals surface area (Å²) in [4.78, 5) is 26.4. The summed E-state index contributed by atoms with van der Waals surface area (Å²) in [5.74, 6) is 0.630. The third-order valence-electron chi connectivity index (χ3n) is 5.66. The molecule has 0 spiro atoms. The molecule has 0 radical (unpaired) electrons. The third-order valence-corrected chi connectivity index (χ3v) is 5.91. The number of rotatable bonds is 5. The number of carbonyl (C=O) groups is 1. The van der Waals surface area contributed by atoms with E-state index in [1.165, 1.54) is 14.2 Å². The zero-order valence-corrected chi connectivity index (χ0v) is 19.2. The maximum absolute atomic E-state index is 13.4. The van der Waals surface area contributed by atoms with E-state index in [2.05, 4.69) is 5.32 Å². The summed E-state index contributed by atoms with van der Waals surface area (Å²) in [6, 6.07) is 9.87.